The Kier molecular flexibility index (Phi) is 9.81. The van der Waals surface area contributed by atoms with E-state index >= 15 is 0 Å². The van der Waals surface area contributed by atoms with Gasteiger partial charge in [0.2, 0.25) is 0 Å². The molecule has 3 aromatic carbocycles. The van der Waals surface area contributed by atoms with Gasteiger partial charge in [0.15, 0.2) is 5.82 Å². The van der Waals surface area contributed by atoms with E-state index in [4.69, 9.17) is 14.2 Å². The van der Waals surface area contributed by atoms with Crippen molar-refractivity contribution in [1.29, 1.82) is 0 Å². The van der Waals surface area contributed by atoms with E-state index < -0.39 is 5.76 Å². The summed E-state index contributed by atoms with van der Waals surface area (Å²) in [5.41, 5.74) is 5.87. The van der Waals surface area contributed by atoms with Crippen LogP contribution in [0.2, 0.25) is 0 Å². The molecule has 0 aliphatic rings. The van der Waals surface area contributed by atoms with Crippen LogP contribution < -0.4 is 45.6 Å². The standard InChI is InChI=1S/C32H32N4O4.Na.H/c1-5-8-29-28(31(37)36(21(4)33-29)24-15-17-25(18-16-24)39-20(2)3)19-22-11-13-23(14-12-22)26-9-6-7-10-27(26)30-34-32(38)40-35-30;;/h6-7,9-18,20H,5,8,19H2,1-4H3,(H,34,35,38);;/q;+1;-1. The number of hydrogen-bond donors (Lipinski definition) is 1. The summed E-state index contributed by atoms with van der Waals surface area (Å²) in [6.07, 6.45) is 2.16. The van der Waals surface area contributed by atoms with Gasteiger partial charge in [-0.1, -0.05) is 67.0 Å². The maximum atomic E-state index is 13.9. The molecular formula is C32H33N4NaO4. The minimum absolute atomic E-state index is 0. The molecule has 0 spiro atoms. The molecule has 9 heteroatoms. The fraction of sp³-hybridized carbons (Fsp3) is 0.250. The van der Waals surface area contributed by atoms with Crippen LogP contribution in [-0.4, -0.2) is 25.8 Å². The van der Waals surface area contributed by atoms with Crippen LogP contribution in [0.5, 0.6) is 5.75 Å². The summed E-state index contributed by atoms with van der Waals surface area (Å²) in [5.74, 6) is 1.20. The molecule has 0 atom stereocenters. The van der Waals surface area contributed by atoms with Gasteiger partial charge in [-0.15, -0.1) is 0 Å². The zero-order chi connectivity index (χ0) is 28.2. The maximum absolute atomic E-state index is 13.9. The van der Waals surface area contributed by atoms with Crippen molar-refractivity contribution in [3.8, 4) is 34.0 Å². The number of ether oxygens (including phenoxy) is 1. The smallest absolute Gasteiger partial charge is 1.00 e. The van der Waals surface area contributed by atoms with E-state index in [0.29, 0.717) is 23.6 Å². The molecule has 0 unspecified atom stereocenters. The van der Waals surface area contributed by atoms with Crippen LogP contribution in [0, 0.1) is 6.92 Å². The second-order valence-electron chi connectivity index (χ2n) is 10.00. The summed E-state index contributed by atoms with van der Waals surface area (Å²) < 4.78 is 12.1. The number of benzene rings is 3. The van der Waals surface area contributed by atoms with Crippen molar-refractivity contribution in [2.24, 2.45) is 0 Å². The Labute approximate surface area is 262 Å². The van der Waals surface area contributed by atoms with E-state index in [0.717, 1.165) is 52.2 Å². The second kappa shape index (κ2) is 13.3. The summed E-state index contributed by atoms with van der Waals surface area (Å²) in [7, 11) is 0. The SMILES string of the molecule is CCCc1nc(C)n(-c2ccc(OC(C)C)cc2)c(=O)c1Cc1ccc(-c2ccccc2-c2noc(=O)[nH]2)cc1.[H-].[Na+]. The number of aromatic nitrogens is 4. The minimum atomic E-state index is -0.597. The van der Waals surface area contributed by atoms with Crippen molar-refractivity contribution in [2.45, 2.75) is 53.1 Å². The van der Waals surface area contributed by atoms with Crippen LogP contribution in [0.3, 0.4) is 0 Å². The number of hydrogen-bond acceptors (Lipinski definition) is 6. The molecule has 206 valence electrons. The maximum Gasteiger partial charge on any atom is 1.00 e. The molecule has 0 saturated carbocycles. The largest absolute Gasteiger partial charge is 1.00 e. The van der Waals surface area contributed by atoms with Crippen molar-refractivity contribution in [3.05, 3.63) is 116 Å². The minimum Gasteiger partial charge on any atom is -1.00 e. The zero-order valence-corrected chi connectivity index (χ0v) is 26.1. The molecule has 0 amide bonds. The molecule has 0 aliphatic heterocycles. The summed E-state index contributed by atoms with van der Waals surface area (Å²) in [4.78, 5) is 32.9. The average molecular weight is 561 g/mol. The van der Waals surface area contributed by atoms with Crippen molar-refractivity contribution >= 4 is 0 Å². The first kappa shape index (κ1) is 30.2. The molecule has 1 N–H and O–H groups in total. The predicted octanol–water partition coefficient (Wildman–Crippen LogP) is 3.00. The molecule has 41 heavy (non-hydrogen) atoms. The quantitative estimate of drug-likeness (QED) is 0.278. The van der Waals surface area contributed by atoms with Gasteiger partial charge < -0.3 is 6.16 Å². The van der Waals surface area contributed by atoms with Crippen LogP contribution in [0.1, 0.15) is 51.3 Å². The van der Waals surface area contributed by atoms with Crippen molar-refractivity contribution in [1.82, 2.24) is 19.7 Å². The fourth-order valence-corrected chi connectivity index (χ4v) is 4.88. The van der Waals surface area contributed by atoms with E-state index in [2.05, 4.69) is 17.1 Å². The Bertz CT molecular complexity index is 1740. The third-order valence-corrected chi connectivity index (χ3v) is 6.65. The topological polar surface area (TPSA) is 103 Å². The van der Waals surface area contributed by atoms with E-state index in [9.17, 15) is 9.59 Å². The molecular weight excluding hydrogens is 527 g/mol. The number of aryl methyl sites for hydroxylation is 2. The Hall–Kier alpha value is -3.72. The number of aromatic amines is 1. The number of rotatable bonds is 9. The third kappa shape index (κ3) is 6.78. The van der Waals surface area contributed by atoms with Gasteiger partial charge in [-0.25, -0.2) is 9.78 Å². The van der Waals surface area contributed by atoms with Crippen LogP contribution in [-0.2, 0) is 12.8 Å². The summed E-state index contributed by atoms with van der Waals surface area (Å²) in [5, 5.41) is 3.85. The van der Waals surface area contributed by atoms with E-state index in [1.165, 1.54) is 0 Å². The summed E-state index contributed by atoms with van der Waals surface area (Å²) >= 11 is 0. The molecule has 0 radical (unpaired) electrons. The van der Waals surface area contributed by atoms with Crippen molar-refractivity contribution < 1.29 is 40.2 Å². The normalized spacial score (nSPS) is 11.0. The summed E-state index contributed by atoms with van der Waals surface area (Å²) in [6, 6.07) is 23.3. The molecule has 5 rings (SSSR count). The fourth-order valence-electron chi connectivity index (χ4n) is 4.88. The first-order valence-electron chi connectivity index (χ1n) is 13.5. The Morgan fingerprint density at radius 1 is 0.976 bits per heavy atom. The monoisotopic (exact) mass is 560 g/mol. The molecule has 2 aromatic heterocycles. The Morgan fingerprint density at radius 3 is 2.27 bits per heavy atom. The van der Waals surface area contributed by atoms with Crippen LogP contribution in [0.15, 0.2) is 86.9 Å². The molecule has 8 nitrogen and oxygen atoms in total. The first-order chi connectivity index (χ1) is 19.3. The van der Waals surface area contributed by atoms with Gasteiger partial charge in [-0.2, -0.15) is 0 Å². The predicted molar refractivity (Wildman–Crippen MR) is 156 cm³/mol. The number of H-pyrrole nitrogens is 1. The molecule has 0 fully saturated rings. The number of nitrogens with one attached hydrogen (secondary N) is 1. The van der Waals surface area contributed by atoms with Crippen LogP contribution >= 0.6 is 0 Å². The van der Waals surface area contributed by atoms with Gasteiger partial charge in [-0.05, 0) is 68.1 Å². The summed E-state index contributed by atoms with van der Waals surface area (Å²) in [6.45, 7) is 7.93. The van der Waals surface area contributed by atoms with E-state index in [1.54, 1.807) is 4.57 Å². The van der Waals surface area contributed by atoms with Gasteiger partial charge in [0, 0.05) is 17.5 Å². The molecule has 5 aromatic rings. The van der Waals surface area contributed by atoms with Crippen molar-refractivity contribution in [3.63, 3.8) is 0 Å². The van der Waals surface area contributed by atoms with Gasteiger partial charge >= 0.3 is 35.3 Å². The molecule has 0 saturated heterocycles. The average Bonchev–Trinajstić information content (AvgIpc) is 3.38. The van der Waals surface area contributed by atoms with Crippen LogP contribution in [0.4, 0.5) is 0 Å². The molecule has 2 heterocycles. The van der Waals surface area contributed by atoms with Gasteiger partial charge in [0.25, 0.3) is 5.56 Å². The first-order valence-corrected chi connectivity index (χ1v) is 13.5. The molecule has 0 bridgehead atoms. The zero-order valence-electron chi connectivity index (χ0n) is 25.1. The third-order valence-electron chi connectivity index (χ3n) is 6.65. The number of nitrogens with zero attached hydrogens (tertiary/aromatic N) is 3. The Balaban J connectivity index is 0.00000242. The van der Waals surface area contributed by atoms with Gasteiger partial charge in [-0.3, -0.25) is 18.9 Å². The molecule has 0 aliphatic carbocycles. The van der Waals surface area contributed by atoms with Crippen LogP contribution in [0.25, 0.3) is 28.2 Å². The van der Waals surface area contributed by atoms with E-state index in [-0.39, 0.29) is 42.6 Å². The Morgan fingerprint density at radius 2 is 1.66 bits per heavy atom. The van der Waals surface area contributed by atoms with Gasteiger partial charge in [0.05, 0.1) is 17.5 Å². The second-order valence-corrected chi connectivity index (χ2v) is 10.00. The van der Waals surface area contributed by atoms with Crippen molar-refractivity contribution in [2.75, 3.05) is 0 Å². The van der Waals surface area contributed by atoms with E-state index in [1.807, 2.05) is 93.6 Å². The van der Waals surface area contributed by atoms with Gasteiger partial charge in [0.1, 0.15) is 11.6 Å².